The topological polar surface area (TPSA) is 107 Å². The van der Waals surface area contributed by atoms with Crippen LogP contribution in [-0.2, 0) is 16.6 Å². The highest BCUT2D eigenvalue weighted by Gasteiger charge is 2.18. The number of hydrogen-bond acceptors (Lipinski definition) is 7. The molecule has 1 aromatic carbocycles. The third-order valence-corrected chi connectivity index (χ3v) is 4.92. The van der Waals surface area contributed by atoms with Gasteiger partial charge in [0.2, 0.25) is 21.8 Å². The summed E-state index contributed by atoms with van der Waals surface area (Å²) in [7, 11) is -2.34. The summed E-state index contributed by atoms with van der Waals surface area (Å²) in [5.74, 6) is 0.774. The van der Waals surface area contributed by atoms with Crippen molar-refractivity contribution < 1.29 is 17.6 Å². The predicted octanol–water partition coefficient (Wildman–Crippen LogP) is 2.27. The molecule has 0 spiro atoms. The third-order valence-electron chi connectivity index (χ3n) is 3.22. The van der Waals surface area contributed by atoms with Crippen LogP contribution in [0.5, 0.6) is 5.75 Å². The van der Waals surface area contributed by atoms with E-state index in [2.05, 4.69) is 19.9 Å². The number of hydrogen-bond donors (Lipinski definition) is 1. The van der Waals surface area contributed by atoms with E-state index in [9.17, 15) is 8.42 Å². The van der Waals surface area contributed by atoms with Gasteiger partial charge in [0.25, 0.3) is 0 Å². The molecule has 0 aliphatic carbocycles. The Bertz CT molecular complexity index is 976. The van der Waals surface area contributed by atoms with Gasteiger partial charge in [0, 0.05) is 12.4 Å². The molecule has 1 N–H and O–H groups in total. The quantitative estimate of drug-likeness (QED) is 0.698. The first kappa shape index (κ1) is 17.3. The average molecular weight is 381 g/mol. The number of nitrogens with one attached hydrogen (secondary N) is 1. The summed E-state index contributed by atoms with van der Waals surface area (Å²) in [5.41, 5.74) is 0.644. The zero-order chi connectivity index (χ0) is 17.9. The highest BCUT2D eigenvalue weighted by Crippen LogP contribution is 2.27. The molecule has 2 aromatic heterocycles. The van der Waals surface area contributed by atoms with Gasteiger partial charge in [-0.3, -0.25) is 4.98 Å². The van der Waals surface area contributed by atoms with Crippen molar-refractivity contribution in [2.45, 2.75) is 11.4 Å². The van der Waals surface area contributed by atoms with Gasteiger partial charge in [-0.25, -0.2) is 13.1 Å². The normalized spacial score (nSPS) is 11.4. The minimum absolute atomic E-state index is 0.00491. The molecule has 0 atom stereocenters. The minimum atomic E-state index is -3.79. The molecule has 10 heteroatoms. The molecule has 3 aromatic rings. The molecule has 3 rings (SSSR count). The second kappa shape index (κ2) is 7.18. The lowest BCUT2D eigenvalue weighted by molar-refractivity contribution is 0.414. The van der Waals surface area contributed by atoms with E-state index in [4.69, 9.17) is 20.8 Å². The Morgan fingerprint density at radius 3 is 2.80 bits per heavy atom. The standard InChI is InChI=1S/C15H13ClN4O4S/c1-23-13-5-4-11(7-12(13)16)25(21,22)18-9-14-19-20-15(24-14)10-3-2-6-17-8-10/h2-8,18H,9H2,1H3. The Hall–Kier alpha value is -2.49. The second-order valence-electron chi connectivity index (χ2n) is 4.86. The van der Waals surface area contributed by atoms with Gasteiger partial charge in [-0.1, -0.05) is 11.6 Å². The summed E-state index contributed by atoms with van der Waals surface area (Å²) in [6.07, 6.45) is 3.19. The van der Waals surface area contributed by atoms with E-state index in [1.807, 2.05) is 0 Å². The molecule has 0 saturated heterocycles. The zero-order valence-electron chi connectivity index (χ0n) is 13.0. The molecule has 0 bridgehead atoms. The number of benzene rings is 1. The van der Waals surface area contributed by atoms with Crippen molar-refractivity contribution >= 4 is 21.6 Å². The number of methoxy groups -OCH3 is 1. The molecule has 0 saturated carbocycles. The first-order chi connectivity index (χ1) is 12.0. The number of sulfonamides is 1. The Morgan fingerprint density at radius 1 is 1.28 bits per heavy atom. The molecule has 0 fully saturated rings. The summed E-state index contributed by atoms with van der Waals surface area (Å²) in [4.78, 5) is 3.96. The lowest BCUT2D eigenvalue weighted by Crippen LogP contribution is -2.23. The first-order valence-corrected chi connectivity index (χ1v) is 8.92. The average Bonchev–Trinajstić information content (AvgIpc) is 3.10. The van der Waals surface area contributed by atoms with Crippen LogP contribution < -0.4 is 9.46 Å². The molecule has 130 valence electrons. The van der Waals surface area contributed by atoms with Gasteiger partial charge in [0.1, 0.15) is 5.75 Å². The van der Waals surface area contributed by atoms with Gasteiger partial charge < -0.3 is 9.15 Å². The molecule has 8 nitrogen and oxygen atoms in total. The van der Waals surface area contributed by atoms with Crippen LogP contribution in [0.2, 0.25) is 5.02 Å². The number of aromatic nitrogens is 3. The monoisotopic (exact) mass is 380 g/mol. The van der Waals surface area contributed by atoms with E-state index >= 15 is 0 Å². The molecule has 25 heavy (non-hydrogen) atoms. The molecular formula is C15H13ClN4O4S. The van der Waals surface area contributed by atoms with E-state index in [1.54, 1.807) is 24.5 Å². The Kier molecular flexibility index (Phi) is 4.98. The summed E-state index contributed by atoms with van der Waals surface area (Å²) in [6.45, 7) is -0.154. The second-order valence-corrected chi connectivity index (χ2v) is 7.04. The Labute approximate surface area is 148 Å². The van der Waals surface area contributed by atoms with Crippen LogP contribution in [0.1, 0.15) is 5.89 Å². The van der Waals surface area contributed by atoms with Crippen LogP contribution in [-0.4, -0.2) is 30.7 Å². The van der Waals surface area contributed by atoms with Crippen molar-refractivity contribution in [2.75, 3.05) is 7.11 Å². The van der Waals surface area contributed by atoms with Crippen LogP contribution in [0.3, 0.4) is 0 Å². The molecule has 0 amide bonds. The fraction of sp³-hybridized carbons (Fsp3) is 0.133. The molecule has 2 heterocycles. The Morgan fingerprint density at radius 2 is 2.12 bits per heavy atom. The Balaban J connectivity index is 1.72. The van der Waals surface area contributed by atoms with E-state index in [0.29, 0.717) is 11.3 Å². The maximum absolute atomic E-state index is 12.3. The van der Waals surface area contributed by atoms with E-state index < -0.39 is 10.0 Å². The van der Waals surface area contributed by atoms with Crippen LogP contribution in [0.4, 0.5) is 0 Å². The summed E-state index contributed by atoms with van der Waals surface area (Å²) in [5, 5.41) is 7.88. The SMILES string of the molecule is COc1ccc(S(=O)(=O)NCc2nnc(-c3cccnc3)o2)cc1Cl. The fourth-order valence-electron chi connectivity index (χ4n) is 1.99. The van der Waals surface area contributed by atoms with Crippen molar-refractivity contribution in [1.82, 2.24) is 19.9 Å². The van der Waals surface area contributed by atoms with Gasteiger partial charge >= 0.3 is 0 Å². The van der Waals surface area contributed by atoms with Crippen molar-refractivity contribution in [3.05, 3.63) is 53.6 Å². The highest BCUT2D eigenvalue weighted by atomic mass is 35.5. The largest absolute Gasteiger partial charge is 0.495 e. The third kappa shape index (κ3) is 3.95. The van der Waals surface area contributed by atoms with Gasteiger partial charge in [-0.15, -0.1) is 10.2 Å². The van der Waals surface area contributed by atoms with E-state index in [1.165, 1.54) is 25.3 Å². The maximum atomic E-state index is 12.3. The minimum Gasteiger partial charge on any atom is -0.495 e. The molecule has 0 unspecified atom stereocenters. The van der Waals surface area contributed by atoms with Gasteiger partial charge in [0.15, 0.2) is 0 Å². The lowest BCUT2D eigenvalue weighted by atomic mass is 10.3. The van der Waals surface area contributed by atoms with E-state index in [0.717, 1.165) is 0 Å². The van der Waals surface area contributed by atoms with Crippen molar-refractivity contribution in [3.63, 3.8) is 0 Å². The van der Waals surface area contributed by atoms with Gasteiger partial charge in [-0.2, -0.15) is 0 Å². The van der Waals surface area contributed by atoms with Crippen molar-refractivity contribution in [2.24, 2.45) is 0 Å². The highest BCUT2D eigenvalue weighted by molar-refractivity contribution is 7.89. The zero-order valence-corrected chi connectivity index (χ0v) is 14.6. The van der Waals surface area contributed by atoms with Crippen LogP contribution in [0, 0.1) is 0 Å². The fourth-order valence-corrected chi connectivity index (χ4v) is 3.31. The number of halogens is 1. The number of ether oxygens (including phenoxy) is 1. The smallest absolute Gasteiger partial charge is 0.249 e. The van der Waals surface area contributed by atoms with Gasteiger partial charge in [0.05, 0.1) is 29.1 Å². The summed E-state index contributed by atoms with van der Waals surface area (Å²) in [6, 6.07) is 7.66. The van der Waals surface area contributed by atoms with Crippen LogP contribution in [0.15, 0.2) is 52.0 Å². The van der Waals surface area contributed by atoms with Crippen LogP contribution >= 0.6 is 11.6 Å². The summed E-state index contributed by atoms with van der Waals surface area (Å²) >= 11 is 5.96. The number of pyridine rings is 1. The molecule has 0 aliphatic heterocycles. The first-order valence-electron chi connectivity index (χ1n) is 7.05. The van der Waals surface area contributed by atoms with Gasteiger partial charge in [-0.05, 0) is 30.3 Å². The van der Waals surface area contributed by atoms with Crippen LogP contribution in [0.25, 0.3) is 11.5 Å². The molecule has 0 aliphatic rings. The van der Waals surface area contributed by atoms with E-state index in [-0.39, 0.29) is 28.2 Å². The van der Waals surface area contributed by atoms with Crippen molar-refractivity contribution in [1.29, 1.82) is 0 Å². The molecular weight excluding hydrogens is 368 g/mol. The predicted molar refractivity (Wildman–Crippen MR) is 89.6 cm³/mol. The van der Waals surface area contributed by atoms with Crippen molar-refractivity contribution in [3.8, 4) is 17.2 Å². The summed E-state index contributed by atoms with van der Waals surface area (Å²) < 4.78 is 37.5. The number of nitrogens with zero attached hydrogens (tertiary/aromatic N) is 3. The maximum Gasteiger partial charge on any atom is 0.249 e. The number of rotatable bonds is 6. The lowest BCUT2D eigenvalue weighted by Gasteiger charge is -2.07. The molecule has 0 radical (unpaired) electrons.